The summed E-state index contributed by atoms with van der Waals surface area (Å²) in [6.07, 6.45) is 7.80. The molecule has 0 heterocycles. The molecule has 3 nitrogen and oxygen atoms in total. The predicted octanol–water partition coefficient (Wildman–Crippen LogP) is 2.00. The van der Waals surface area contributed by atoms with Gasteiger partial charge in [0.15, 0.2) is 0 Å². The third-order valence-electron chi connectivity index (χ3n) is 4.37. The SMILES string of the molecule is O=[N+]([O-])[AsH]C12CC3CC(CC(C3)C1)C2. The molecule has 4 saturated carbocycles. The van der Waals surface area contributed by atoms with Gasteiger partial charge in [0.25, 0.3) is 0 Å². The van der Waals surface area contributed by atoms with E-state index in [1.165, 1.54) is 38.5 Å². The Bertz CT molecular complexity index is 244. The van der Waals surface area contributed by atoms with Crippen LogP contribution in [-0.2, 0) is 0 Å². The average Bonchev–Trinajstić information content (AvgIpc) is 1.96. The van der Waals surface area contributed by atoms with Crippen LogP contribution in [0.3, 0.4) is 0 Å². The van der Waals surface area contributed by atoms with Gasteiger partial charge in [0.2, 0.25) is 0 Å². The van der Waals surface area contributed by atoms with E-state index in [9.17, 15) is 10.1 Å². The van der Waals surface area contributed by atoms with Crippen LogP contribution in [0, 0.1) is 27.9 Å². The van der Waals surface area contributed by atoms with Gasteiger partial charge >= 0.3 is 90.4 Å². The molecule has 0 N–H and O–H groups in total. The molecule has 0 aromatic rings. The van der Waals surface area contributed by atoms with E-state index < -0.39 is 16.0 Å². The van der Waals surface area contributed by atoms with Crippen LogP contribution in [0.2, 0.25) is 4.20 Å². The fourth-order valence-electron chi connectivity index (χ4n) is 4.44. The summed E-state index contributed by atoms with van der Waals surface area (Å²) in [6, 6.07) is 0. The Morgan fingerprint density at radius 1 is 1.07 bits per heavy atom. The molecule has 4 bridgehead atoms. The standard InChI is InChI=1S/C10H16AsNO2/c13-12(14)11-10-4-7-1-8(5-10)3-9(2-7)6-10/h7-9,11H,1-6H2. The molecule has 0 amide bonds. The first-order chi connectivity index (χ1) is 6.65. The van der Waals surface area contributed by atoms with Crippen molar-refractivity contribution < 1.29 is 3.84 Å². The van der Waals surface area contributed by atoms with Gasteiger partial charge in [-0.15, -0.1) is 0 Å². The second-order valence-electron chi connectivity index (χ2n) is 5.57. The predicted molar refractivity (Wildman–Crippen MR) is 55.0 cm³/mol. The zero-order chi connectivity index (χ0) is 9.76. The van der Waals surface area contributed by atoms with E-state index in [2.05, 4.69) is 0 Å². The van der Waals surface area contributed by atoms with E-state index >= 15 is 0 Å². The summed E-state index contributed by atoms with van der Waals surface area (Å²) in [5.74, 6) is 2.60. The molecule has 4 heteroatoms. The molecule has 0 radical (unpaired) electrons. The van der Waals surface area contributed by atoms with Crippen LogP contribution in [0.5, 0.6) is 0 Å². The molecule has 0 saturated heterocycles. The van der Waals surface area contributed by atoms with E-state index in [0.29, 0.717) is 0 Å². The van der Waals surface area contributed by atoms with Crippen LogP contribution in [-0.4, -0.2) is 19.8 Å². The third kappa shape index (κ3) is 1.41. The zero-order valence-electron chi connectivity index (χ0n) is 8.24. The van der Waals surface area contributed by atoms with Crippen LogP contribution >= 0.6 is 0 Å². The Kier molecular flexibility index (Phi) is 1.96. The van der Waals surface area contributed by atoms with Crippen molar-refractivity contribution in [3.8, 4) is 0 Å². The number of nitrogens with zero attached hydrogens (tertiary/aromatic N) is 1. The zero-order valence-corrected chi connectivity index (χ0v) is 10.3. The van der Waals surface area contributed by atoms with Gasteiger partial charge in [0, 0.05) is 0 Å². The Morgan fingerprint density at radius 2 is 1.50 bits per heavy atom. The van der Waals surface area contributed by atoms with Crippen molar-refractivity contribution in [1.29, 1.82) is 0 Å². The Balaban J connectivity index is 1.83. The summed E-state index contributed by atoms with van der Waals surface area (Å²) in [5, 5.41) is 10.7. The van der Waals surface area contributed by atoms with E-state index in [0.717, 1.165) is 17.8 Å². The van der Waals surface area contributed by atoms with E-state index in [-0.39, 0.29) is 8.04 Å². The molecule has 4 aliphatic carbocycles. The summed E-state index contributed by atoms with van der Waals surface area (Å²) < 4.78 is 0.297. The number of nitro groups is 1. The topological polar surface area (TPSA) is 43.1 Å². The van der Waals surface area contributed by atoms with E-state index in [1.807, 2.05) is 0 Å². The minimum absolute atomic E-state index is 0.0488. The van der Waals surface area contributed by atoms with Crippen molar-refractivity contribution in [1.82, 2.24) is 0 Å². The second-order valence-corrected chi connectivity index (χ2v) is 9.03. The Labute approximate surface area is 90.7 Å². The molecular weight excluding hydrogens is 241 g/mol. The first-order valence-corrected chi connectivity index (χ1v) is 7.56. The third-order valence-corrected chi connectivity index (χ3v) is 7.03. The van der Waals surface area contributed by atoms with Crippen LogP contribution in [0.15, 0.2) is 0 Å². The maximum absolute atomic E-state index is 10.7. The molecule has 0 spiro atoms. The molecule has 4 fully saturated rings. The molecule has 4 rings (SSSR count). The molecule has 1 atom stereocenters. The Morgan fingerprint density at radius 3 is 1.86 bits per heavy atom. The normalized spacial score (nSPS) is 50.4. The monoisotopic (exact) mass is 257 g/mol. The summed E-state index contributed by atoms with van der Waals surface area (Å²) in [6.45, 7) is 0. The fraction of sp³-hybridized carbons (Fsp3) is 1.00. The molecular formula is C10H16AsNO2. The first-order valence-electron chi connectivity index (χ1n) is 5.57. The molecule has 0 aromatic heterocycles. The molecule has 0 aliphatic heterocycles. The summed E-state index contributed by atoms with van der Waals surface area (Å²) >= 11 is -0.935. The summed E-state index contributed by atoms with van der Waals surface area (Å²) in [4.78, 5) is 10.7. The van der Waals surface area contributed by atoms with Gasteiger partial charge in [-0.25, -0.2) is 0 Å². The number of rotatable bonds is 2. The minimum atomic E-state index is -0.935. The average molecular weight is 257 g/mol. The molecule has 4 aliphatic rings. The van der Waals surface area contributed by atoms with Gasteiger partial charge < -0.3 is 0 Å². The number of hydrogen-bond donors (Lipinski definition) is 0. The fourth-order valence-corrected chi connectivity index (χ4v) is 7.65. The van der Waals surface area contributed by atoms with Crippen LogP contribution in [0.25, 0.3) is 0 Å². The van der Waals surface area contributed by atoms with Crippen molar-refractivity contribution in [3.63, 3.8) is 0 Å². The van der Waals surface area contributed by atoms with Crippen molar-refractivity contribution in [2.75, 3.05) is 0 Å². The molecule has 1 unspecified atom stereocenters. The summed E-state index contributed by atoms with van der Waals surface area (Å²) in [5.41, 5.74) is 0. The van der Waals surface area contributed by atoms with Crippen LogP contribution < -0.4 is 0 Å². The van der Waals surface area contributed by atoms with Gasteiger partial charge in [0.1, 0.15) is 0 Å². The van der Waals surface area contributed by atoms with E-state index in [4.69, 9.17) is 0 Å². The van der Waals surface area contributed by atoms with Crippen molar-refractivity contribution in [2.45, 2.75) is 42.7 Å². The molecule has 14 heavy (non-hydrogen) atoms. The van der Waals surface area contributed by atoms with Gasteiger partial charge in [0.05, 0.1) is 0 Å². The maximum atomic E-state index is 10.7. The number of hydrogen-bond acceptors (Lipinski definition) is 2. The van der Waals surface area contributed by atoms with Crippen LogP contribution in [0.4, 0.5) is 0 Å². The quantitative estimate of drug-likeness (QED) is 0.431. The van der Waals surface area contributed by atoms with Crippen molar-refractivity contribution >= 4 is 16.0 Å². The van der Waals surface area contributed by atoms with E-state index in [1.54, 1.807) is 0 Å². The van der Waals surface area contributed by atoms with Gasteiger partial charge in [-0.2, -0.15) is 0 Å². The van der Waals surface area contributed by atoms with Gasteiger partial charge in [-0.05, 0) is 0 Å². The van der Waals surface area contributed by atoms with Gasteiger partial charge in [-0.1, -0.05) is 0 Å². The van der Waals surface area contributed by atoms with Crippen molar-refractivity contribution in [2.24, 2.45) is 17.8 Å². The van der Waals surface area contributed by atoms with Gasteiger partial charge in [-0.3, -0.25) is 0 Å². The Hall–Kier alpha value is -0.0416. The summed E-state index contributed by atoms with van der Waals surface area (Å²) in [7, 11) is 0. The van der Waals surface area contributed by atoms with Crippen LogP contribution in [0.1, 0.15) is 38.5 Å². The second kappa shape index (κ2) is 2.97. The molecule has 0 aromatic carbocycles. The first kappa shape index (κ1) is 9.20. The van der Waals surface area contributed by atoms with Crippen molar-refractivity contribution in [3.05, 3.63) is 10.1 Å². The molecule has 78 valence electrons.